The van der Waals surface area contributed by atoms with Gasteiger partial charge in [0.15, 0.2) is 0 Å². The summed E-state index contributed by atoms with van der Waals surface area (Å²) in [6.07, 6.45) is 5.44. The maximum Gasteiger partial charge on any atom is 0.318 e. The smallest absolute Gasteiger partial charge is 0.318 e. The zero-order valence-electron chi connectivity index (χ0n) is 14.7. The highest BCUT2D eigenvalue weighted by atomic mass is 16.4. The number of pyridine rings is 1. The molecule has 0 aliphatic carbocycles. The Labute approximate surface area is 147 Å². The molecule has 8 nitrogen and oxygen atoms in total. The van der Waals surface area contributed by atoms with E-state index in [-0.39, 0.29) is 18.6 Å². The Balaban J connectivity index is 1.67. The minimum atomic E-state index is -0.109. The SMILES string of the molecule is Cc1nnc(CNC(=O)N(Cc2ccncc2)C2CCN(C)CC2)o1. The fourth-order valence-corrected chi connectivity index (χ4v) is 3.02. The minimum Gasteiger partial charge on any atom is -0.424 e. The molecule has 1 fully saturated rings. The second-order valence-corrected chi connectivity index (χ2v) is 6.39. The Morgan fingerprint density at radius 2 is 2.04 bits per heavy atom. The van der Waals surface area contributed by atoms with Crippen molar-refractivity contribution in [3.05, 3.63) is 41.9 Å². The van der Waals surface area contributed by atoms with Gasteiger partial charge in [0, 0.05) is 31.9 Å². The van der Waals surface area contributed by atoms with E-state index in [1.807, 2.05) is 17.0 Å². The lowest BCUT2D eigenvalue weighted by molar-refractivity contribution is 0.126. The molecule has 2 amide bonds. The van der Waals surface area contributed by atoms with Crippen molar-refractivity contribution >= 4 is 6.03 Å². The van der Waals surface area contributed by atoms with Gasteiger partial charge in [0.05, 0.1) is 6.54 Å². The Hall–Kier alpha value is -2.48. The number of aromatic nitrogens is 3. The minimum absolute atomic E-state index is 0.109. The molecule has 1 saturated heterocycles. The van der Waals surface area contributed by atoms with Gasteiger partial charge in [0.1, 0.15) is 0 Å². The van der Waals surface area contributed by atoms with Crippen LogP contribution in [0.15, 0.2) is 28.9 Å². The van der Waals surface area contributed by atoms with E-state index in [2.05, 4.69) is 32.4 Å². The van der Waals surface area contributed by atoms with E-state index in [4.69, 9.17) is 4.42 Å². The fourth-order valence-electron chi connectivity index (χ4n) is 3.02. The first-order chi connectivity index (χ1) is 12.1. The molecule has 0 radical (unpaired) electrons. The molecule has 1 aliphatic heterocycles. The molecule has 0 spiro atoms. The molecule has 25 heavy (non-hydrogen) atoms. The zero-order chi connectivity index (χ0) is 17.6. The average Bonchev–Trinajstić information content (AvgIpc) is 3.05. The van der Waals surface area contributed by atoms with Gasteiger partial charge in [0.2, 0.25) is 11.8 Å². The molecular formula is C17H24N6O2. The molecular weight excluding hydrogens is 320 g/mol. The maximum atomic E-state index is 12.8. The first kappa shape index (κ1) is 17.3. The van der Waals surface area contributed by atoms with Gasteiger partial charge >= 0.3 is 6.03 Å². The zero-order valence-corrected chi connectivity index (χ0v) is 14.7. The third-order valence-electron chi connectivity index (χ3n) is 4.45. The van der Waals surface area contributed by atoms with E-state index in [1.54, 1.807) is 19.3 Å². The van der Waals surface area contributed by atoms with Crippen molar-refractivity contribution in [1.29, 1.82) is 0 Å². The largest absolute Gasteiger partial charge is 0.424 e. The number of rotatable bonds is 5. The molecule has 0 aromatic carbocycles. The van der Waals surface area contributed by atoms with Crippen LogP contribution in [0.1, 0.15) is 30.2 Å². The van der Waals surface area contributed by atoms with Crippen molar-refractivity contribution in [3.8, 4) is 0 Å². The van der Waals surface area contributed by atoms with Crippen LogP contribution < -0.4 is 5.32 Å². The first-order valence-electron chi connectivity index (χ1n) is 8.52. The van der Waals surface area contributed by atoms with Crippen molar-refractivity contribution in [2.24, 2.45) is 0 Å². The standard InChI is InChI=1S/C17H24N6O2/c1-13-20-21-16(25-13)11-19-17(24)23(12-14-3-7-18-8-4-14)15-5-9-22(2)10-6-15/h3-4,7-8,15H,5-6,9-12H2,1-2H3,(H,19,24). The van der Waals surface area contributed by atoms with Crippen LogP contribution >= 0.6 is 0 Å². The van der Waals surface area contributed by atoms with E-state index in [9.17, 15) is 4.79 Å². The maximum absolute atomic E-state index is 12.8. The summed E-state index contributed by atoms with van der Waals surface area (Å²) in [5.74, 6) is 0.909. The average molecular weight is 344 g/mol. The van der Waals surface area contributed by atoms with Crippen LogP contribution in [0.25, 0.3) is 0 Å². The first-order valence-corrected chi connectivity index (χ1v) is 8.52. The number of nitrogens with zero attached hydrogens (tertiary/aromatic N) is 5. The second kappa shape index (κ2) is 8.06. The molecule has 0 unspecified atom stereocenters. The lowest BCUT2D eigenvalue weighted by atomic mass is 10.0. The predicted octanol–water partition coefficient (Wildman–Crippen LogP) is 1.58. The van der Waals surface area contributed by atoms with Crippen LogP contribution in [0.3, 0.4) is 0 Å². The van der Waals surface area contributed by atoms with Crippen LogP contribution in [-0.4, -0.2) is 57.2 Å². The number of nitrogens with one attached hydrogen (secondary N) is 1. The molecule has 0 atom stereocenters. The quantitative estimate of drug-likeness (QED) is 0.886. The Kier molecular flexibility index (Phi) is 5.60. The van der Waals surface area contributed by atoms with Gasteiger partial charge in [-0.1, -0.05) is 0 Å². The molecule has 2 aromatic heterocycles. The third kappa shape index (κ3) is 4.76. The monoisotopic (exact) mass is 344 g/mol. The number of urea groups is 1. The van der Waals surface area contributed by atoms with Gasteiger partial charge in [-0.2, -0.15) is 0 Å². The summed E-state index contributed by atoms with van der Waals surface area (Å²) in [6.45, 7) is 4.51. The van der Waals surface area contributed by atoms with Gasteiger partial charge in [-0.05, 0) is 50.7 Å². The lowest BCUT2D eigenvalue weighted by Gasteiger charge is -2.37. The van der Waals surface area contributed by atoms with Crippen molar-refractivity contribution in [3.63, 3.8) is 0 Å². The van der Waals surface area contributed by atoms with Gasteiger partial charge in [-0.3, -0.25) is 4.98 Å². The molecule has 2 aromatic rings. The summed E-state index contributed by atoms with van der Waals surface area (Å²) in [4.78, 5) is 21.0. The van der Waals surface area contributed by atoms with Crippen LogP contribution in [-0.2, 0) is 13.1 Å². The van der Waals surface area contributed by atoms with Crippen molar-refractivity contribution in [1.82, 2.24) is 30.3 Å². The third-order valence-corrected chi connectivity index (χ3v) is 4.45. The number of amides is 2. The highest BCUT2D eigenvalue weighted by Gasteiger charge is 2.27. The Bertz CT molecular complexity index is 681. The summed E-state index contributed by atoms with van der Waals surface area (Å²) < 4.78 is 5.32. The summed E-state index contributed by atoms with van der Waals surface area (Å²) in [7, 11) is 2.11. The van der Waals surface area contributed by atoms with Crippen molar-refractivity contribution in [2.45, 2.75) is 38.9 Å². The Morgan fingerprint density at radius 3 is 2.68 bits per heavy atom. The number of likely N-dealkylation sites (tertiary alicyclic amines) is 1. The topological polar surface area (TPSA) is 87.4 Å². The predicted molar refractivity (Wildman–Crippen MR) is 91.6 cm³/mol. The van der Waals surface area contributed by atoms with E-state index in [0.29, 0.717) is 18.3 Å². The highest BCUT2D eigenvalue weighted by molar-refractivity contribution is 5.74. The normalized spacial score (nSPS) is 15.9. The summed E-state index contributed by atoms with van der Waals surface area (Å²) >= 11 is 0. The number of carbonyl (C=O) groups excluding carboxylic acids is 1. The van der Waals surface area contributed by atoms with Gasteiger partial charge in [0.25, 0.3) is 0 Å². The molecule has 0 saturated carbocycles. The number of hydrogen-bond acceptors (Lipinski definition) is 6. The van der Waals surface area contributed by atoms with Crippen molar-refractivity contribution < 1.29 is 9.21 Å². The molecule has 1 aliphatic rings. The van der Waals surface area contributed by atoms with E-state index >= 15 is 0 Å². The number of carbonyl (C=O) groups is 1. The molecule has 3 heterocycles. The van der Waals surface area contributed by atoms with E-state index in [1.165, 1.54) is 0 Å². The molecule has 0 bridgehead atoms. The summed E-state index contributed by atoms with van der Waals surface area (Å²) in [5.41, 5.74) is 1.07. The number of hydrogen-bond donors (Lipinski definition) is 1. The van der Waals surface area contributed by atoms with Crippen LogP contribution in [0.4, 0.5) is 4.79 Å². The van der Waals surface area contributed by atoms with Crippen LogP contribution in [0, 0.1) is 6.92 Å². The van der Waals surface area contributed by atoms with Crippen molar-refractivity contribution in [2.75, 3.05) is 20.1 Å². The molecule has 134 valence electrons. The van der Waals surface area contributed by atoms with Gasteiger partial charge < -0.3 is 19.5 Å². The molecule has 3 rings (SSSR count). The summed E-state index contributed by atoms with van der Waals surface area (Å²) in [5, 5.41) is 10.6. The van der Waals surface area contributed by atoms with Gasteiger partial charge in [-0.25, -0.2) is 4.79 Å². The fraction of sp³-hybridized carbons (Fsp3) is 0.529. The number of piperidine rings is 1. The van der Waals surface area contributed by atoms with E-state index in [0.717, 1.165) is 31.5 Å². The van der Waals surface area contributed by atoms with E-state index < -0.39 is 0 Å². The summed E-state index contributed by atoms with van der Waals surface area (Å²) in [6, 6.07) is 3.99. The molecule has 8 heteroatoms. The van der Waals surface area contributed by atoms with Crippen LogP contribution in [0.5, 0.6) is 0 Å². The molecule has 1 N–H and O–H groups in total. The second-order valence-electron chi connectivity index (χ2n) is 6.39. The Morgan fingerprint density at radius 1 is 1.32 bits per heavy atom. The van der Waals surface area contributed by atoms with Gasteiger partial charge in [-0.15, -0.1) is 10.2 Å². The number of aryl methyl sites for hydroxylation is 1. The van der Waals surface area contributed by atoms with Crippen LogP contribution in [0.2, 0.25) is 0 Å². The highest BCUT2D eigenvalue weighted by Crippen LogP contribution is 2.18. The lowest BCUT2D eigenvalue weighted by Crippen LogP contribution is -2.49.